The van der Waals surface area contributed by atoms with Crippen LogP contribution in [0.4, 0.5) is 17.3 Å². The van der Waals surface area contributed by atoms with E-state index in [0.29, 0.717) is 5.95 Å². The van der Waals surface area contributed by atoms with Crippen LogP contribution in [0.3, 0.4) is 0 Å². The third-order valence-corrected chi connectivity index (χ3v) is 6.78. The van der Waals surface area contributed by atoms with E-state index in [9.17, 15) is 4.79 Å². The Hall–Kier alpha value is -3.88. The number of oxazole rings is 1. The van der Waals surface area contributed by atoms with Crippen molar-refractivity contribution in [1.82, 2.24) is 24.4 Å². The van der Waals surface area contributed by atoms with Gasteiger partial charge in [0, 0.05) is 62.1 Å². The molecule has 0 spiro atoms. The van der Waals surface area contributed by atoms with Gasteiger partial charge >= 0.3 is 0 Å². The molecule has 1 aliphatic rings. The normalized spacial score (nSPS) is 14.2. The number of piperazine rings is 1. The Morgan fingerprint density at radius 3 is 2.46 bits per heavy atom. The van der Waals surface area contributed by atoms with E-state index < -0.39 is 0 Å². The molecule has 4 heterocycles. The first-order valence-corrected chi connectivity index (χ1v) is 12.2. The van der Waals surface area contributed by atoms with Gasteiger partial charge in [0.25, 0.3) is 0 Å². The first-order chi connectivity index (χ1) is 17.1. The lowest BCUT2D eigenvalue weighted by Gasteiger charge is -2.35. The lowest BCUT2D eigenvalue weighted by atomic mass is 10.1. The number of carbonyl (C=O) groups excluding carboxylic acids is 1. The summed E-state index contributed by atoms with van der Waals surface area (Å²) in [7, 11) is 0. The molecule has 5 rings (SSSR count). The highest BCUT2D eigenvalue weighted by Crippen LogP contribution is 2.33. The fraction of sp³-hybridized carbons (Fsp3) is 0.385. The standard InChI is InChI=1S/C26H31N7O2/c1-4-21(5-2)33-23(24-16-27-17-35-24)14-19-15-28-26(30-25(19)33)29-20-6-8-22(9-7-20)32-12-10-31(11-13-32)18(3)34/h6-9,14-17,21H,4-5,10-13H2,1-3H3,(H,28,29,30). The number of anilines is 3. The molecule has 1 fully saturated rings. The van der Waals surface area contributed by atoms with E-state index in [4.69, 9.17) is 9.40 Å². The van der Waals surface area contributed by atoms with Gasteiger partial charge in [-0.25, -0.2) is 9.97 Å². The molecule has 0 unspecified atom stereocenters. The molecule has 182 valence electrons. The number of hydrogen-bond donors (Lipinski definition) is 1. The van der Waals surface area contributed by atoms with Gasteiger partial charge in [0.15, 0.2) is 12.2 Å². The fourth-order valence-electron chi connectivity index (χ4n) is 4.79. The van der Waals surface area contributed by atoms with Gasteiger partial charge in [-0.05, 0) is 43.2 Å². The van der Waals surface area contributed by atoms with E-state index in [-0.39, 0.29) is 11.9 Å². The SMILES string of the molecule is CCC(CC)n1c(-c2cnco2)cc2cnc(Nc3ccc(N4CCN(C(C)=O)CC4)cc3)nc21. The van der Waals surface area contributed by atoms with Gasteiger partial charge in [-0.1, -0.05) is 13.8 Å². The molecule has 0 aliphatic carbocycles. The zero-order chi connectivity index (χ0) is 24.4. The van der Waals surface area contributed by atoms with Crippen molar-refractivity contribution in [1.29, 1.82) is 0 Å². The van der Waals surface area contributed by atoms with Crippen molar-refractivity contribution in [2.45, 2.75) is 39.7 Å². The van der Waals surface area contributed by atoms with Crippen molar-refractivity contribution in [2.75, 3.05) is 36.4 Å². The molecule has 1 amide bonds. The molecule has 0 radical (unpaired) electrons. The zero-order valence-corrected chi connectivity index (χ0v) is 20.4. The minimum Gasteiger partial charge on any atom is -0.442 e. The lowest BCUT2D eigenvalue weighted by molar-refractivity contribution is -0.129. The highest BCUT2D eigenvalue weighted by atomic mass is 16.3. The second kappa shape index (κ2) is 9.77. The third kappa shape index (κ3) is 4.58. The molecule has 0 bridgehead atoms. The van der Waals surface area contributed by atoms with Gasteiger partial charge in [-0.2, -0.15) is 4.98 Å². The second-order valence-corrected chi connectivity index (χ2v) is 8.87. The minimum absolute atomic E-state index is 0.143. The number of nitrogens with one attached hydrogen (secondary N) is 1. The van der Waals surface area contributed by atoms with E-state index in [1.54, 1.807) is 13.1 Å². The number of rotatable bonds is 7. The Labute approximate surface area is 204 Å². The summed E-state index contributed by atoms with van der Waals surface area (Å²) in [6.45, 7) is 9.20. The molecule has 0 atom stereocenters. The Balaban J connectivity index is 1.38. The van der Waals surface area contributed by atoms with E-state index in [2.05, 4.69) is 56.8 Å². The number of fused-ring (bicyclic) bond motifs is 1. The Kier molecular flexibility index (Phi) is 6.39. The molecular weight excluding hydrogens is 442 g/mol. The Morgan fingerprint density at radius 2 is 1.83 bits per heavy atom. The first kappa shape index (κ1) is 22.9. The van der Waals surface area contributed by atoms with Crippen LogP contribution in [0, 0.1) is 0 Å². The zero-order valence-electron chi connectivity index (χ0n) is 20.4. The van der Waals surface area contributed by atoms with Crippen LogP contribution in [-0.4, -0.2) is 56.5 Å². The molecule has 1 aromatic carbocycles. The van der Waals surface area contributed by atoms with Gasteiger partial charge in [0.1, 0.15) is 5.65 Å². The predicted octanol–water partition coefficient (Wildman–Crippen LogP) is 4.86. The van der Waals surface area contributed by atoms with Crippen molar-refractivity contribution >= 4 is 34.3 Å². The van der Waals surface area contributed by atoms with E-state index in [0.717, 1.165) is 72.9 Å². The average molecular weight is 474 g/mol. The topological polar surface area (TPSA) is 92.3 Å². The Bertz CT molecular complexity index is 1290. The molecule has 35 heavy (non-hydrogen) atoms. The van der Waals surface area contributed by atoms with Gasteiger partial charge in [-0.3, -0.25) is 4.79 Å². The summed E-state index contributed by atoms with van der Waals surface area (Å²) in [5.74, 6) is 1.42. The second-order valence-electron chi connectivity index (χ2n) is 8.87. The van der Waals surface area contributed by atoms with Crippen molar-refractivity contribution < 1.29 is 9.21 Å². The third-order valence-electron chi connectivity index (χ3n) is 6.78. The predicted molar refractivity (Wildman–Crippen MR) is 137 cm³/mol. The summed E-state index contributed by atoms with van der Waals surface area (Å²) in [6.07, 6.45) is 7.01. The molecular formula is C26H31N7O2. The molecule has 3 aromatic heterocycles. The summed E-state index contributed by atoms with van der Waals surface area (Å²) in [5, 5.41) is 4.32. The van der Waals surface area contributed by atoms with Crippen LogP contribution in [0.15, 0.2) is 53.5 Å². The van der Waals surface area contributed by atoms with Gasteiger partial charge in [0.2, 0.25) is 11.9 Å². The summed E-state index contributed by atoms with van der Waals surface area (Å²) in [5.41, 5.74) is 3.91. The van der Waals surface area contributed by atoms with Crippen LogP contribution in [0.2, 0.25) is 0 Å². The summed E-state index contributed by atoms with van der Waals surface area (Å²) in [6, 6.07) is 10.6. The molecule has 1 aliphatic heterocycles. The van der Waals surface area contributed by atoms with Crippen LogP contribution in [-0.2, 0) is 4.79 Å². The van der Waals surface area contributed by atoms with Crippen LogP contribution in [0.5, 0.6) is 0 Å². The molecule has 1 saturated heterocycles. The maximum atomic E-state index is 11.6. The highest BCUT2D eigenvalue weighted by molar-refractivity contribution is 5.83. The van der Waals surface area contributed by atoms with Gasteiger partial charge in [0.05, 0.1) is 11.9 Å². The maximum absolute atomic E-state index is 11.6. The molecule has 4 aromatic rings. The minimum atomic E-state index is 0.143. The van der Waals surface area contributed by atoms with Crippen LogP contribution in [0.25, 0.3) is 22.5 Å². The number of benzene rings is 1. The number of hydrogen-bond acceptors (Lipinski definition) is 7. The molecule has 1 N–H and O–H groups in total. The van der Waals surface area contributed by atoms with Gasteiger partial charge in [-0.15, -0.1) is 0 Å². The van der Waals surface area contributed by atoms with Crippen LogP contribution in [0.1, 0.15) is 39.7 Å². The van der Waals surface area contributed by atoms with Crippen molar-refractivity contribution in [3.05, 3.63) is 49.1 Å². The number of carbonyl (C=O) groups is 1. The molecule has 9 nitrogen and oxygen atoms in total. The van der Waals surface area contributed by atoms with Crippen molar-refractivity contribution in [3.63, 3.8) is 0 Å². The number of amides is 1. The van der Waals surface area contributed by atoms with Gasteiger partial charge < -0.3 is 24.1 Å². The lowest BCUT2D eigenvalue weighted by Crippen LogP contribution is -2.48. The van der Waals surface area contributed by atoms with E-state index in [1.807, 2.05) is 23.2 Å². The van der Waals surface area contributed by atoms with Crippen molar-refractivity contribution in [2.24, 2.45) is 0 Å². The first-order valence-electron chi connectivity index (χ1n) is 12.2. The molecule has 0 saturated carbocycles. The Morgan fingerprint density at radius 1 is 1.09 bits per heavy atom. The van der Waals surface area contributed by atoms with E-state index in [1.165, 1.54) is 6.39 Å². The number of nitrogens with zero attached hydrogens (tertiary/aromatic N) is 6. The largest absolute Gasteiger partial charge is 0.442 e. The monoisotopic (exact) mass is 473 g/mol. The summed E-state index contributed by atoms with van der Waals surface area (Å²) < 4.78 is 7.86. The van der Waals surface area contributed by atoms with Crippen LogP contribution >= 0.6 is 0 Å². The smallest absolute Gasteiger partial charge is 0.229 e. The quantitative estimate of drug-likeness (QED) is 0.410. The number of aromatic nitrogens is 4. The fourth-order valence-corrected chi connectivity index (χ4v) is 4.79. The highest BCUT2D eigenvalue weighted by Gasteiger charge is 2.21. The van der Waals surface area contributed by atoms with Crippen LogP contribution < -0.4 is 10.2 Å². The summed E-state index contributed by atoms with van der Waals surface area (Å²) in [4.78, 5) is 29.3. The summed E-state index contributed by atoms with van der Waals surface area (Å²) >= 11 is 0. The maximum Gasteiger partial charge on any atom is 0.229 e. The average Bonchev–Trinajstić information content (AvgIpc) is 3.54. The van der Waals surface area contributed by atoms with E-state index >= 15 is 0 Å². The van der Waals surface area contributed by atoms with Crippen molar-refractivity contribution in [3.8, 4) is 11.5 Å². The molecule has 9 heteroatoms.